The second kappa shape index (κ2) is 4.10. The first kappa shape index (κ1) is 11.5. The molecule has 3 aromatic rings. The maximum Gasteiger partial charge on any atom is 0.492 e. The third-order valence-electron chi connectivity index (χ3n) is 3.69. The highest BCUT2D eigenvalue weighted by molar-refractivity contribution is 6.60. The summed E-state index contributed by atoms with van der Waals surface area (Å²) >= 11 is 0. The van der Waals surface area contributed by atoms with E-state index in [4.69, 9.17) is 4.74 Å². The molecule has 1 aliphatic heterocycles. The number of benzene rings is 3. The van der Waals surface area contributed by atoms with E-state index >= 15 is 0 Å². The molecular formula is C16H11BO3. The Kier molecular flexibility index (Phi) is 2.36. The van der Waals surface area contributed by atoms with Crippen LogP contribution in [0, 0.1) is 0 Å². The van der Waals surface area contributed by atoms with Crippen molar-refractivity contribution in [3.63, 3.8) is 0 Å². The summed E-state index contributed by atoms with van der Waals surface area (Å²) in [5.74, 6) is 1.27. The molecule has 0 bridgehead atoms. The lowest BCUT2D eigenvalue weighted by Crippen LogP contribution is -2.31. The SMILES string of the molecule is OB(O)c1cccc2c1Oc1cccc3cccc-2c13. The normalized spacial score (nSPS) is 11.9. The Morgan fingerprint density at radius 1 is 0.800 bits per heavy atom. The van der Waals surface area contributed by atoms with E-state index in [9.17, 15) is 10.0 Å². The third-order valence-corrected chi connectivity index (χ3v) is 3.69. The molecule has 0 saturated heterocycles. The molecule has 20 heavy (non-hydrogen) atoms. The van der Waals surface area contributed by atoms with E-state index in [1.165, 1.54) is 0 Å². The average Bonchev–Trinajstić information content (AvgIpc) is 2.47. The van der Waals surface area contributed by atoms with Crippen LogP contribution in [0.15, 0.2) is 54.6 Å². The minimum absolute atomic E-state index is 0.383. The van der Waals surface area contributed by atoms with Crippen LogP contribution in [-0.2, 0) is 0 Å². The first-order chi connectivity index (χ1) is 9.75. The topological polar surface area (TPSA) is 49.7 Å². The zero-order chi connectivity index (χ0) is 13.7. The van der Waals surface area contributed by atoms with Crippen molar-refractivity contribution in [2.75, 3.05) is 0 Å². The minimum Gasteiger partial charge on any atom is -0.456 e. The lowest BCUT2D eigenvalue weighted by atomic mass is 9.77. The van der Waals surface area contributed by atoms with E-state index in [0.717, 1.165) is 27.6 Å². The van der Waals surface area contributed by atoms with Crippen molar-refractivity contribution in [2.45, 2.75) is 0 Å². The van der Waals surface area contributed by atoms with Crippen molar-refractivity contribution >= 4 is 23.4 Å². The quantitative estimate of drug-likeness (QED) is 0.517. The third kappa shape index (κ3) is 1.49. The molecule has 0 fully saturated rings. The van der Waals surface area contributed by atoms with Crippen LogP contribution in [-0.4, -0.2) is 17.2 Å². The van der Waals surface area contributed by atoms with Crippen molar-refractivity contribution in [1.29, 1.82) is 0 Å². The summed E-state index contributed by atoms with van der Waals surface area (Å²) in [4.78, 5) is 0. The number of ether oxygens (including phenoxy) is 1. The fourth-order valence-corrected chi connectivity index (χ4v) is 2.81. The van der Waals surface area contributed by atoms with Gasteiger partial charge < -0.3 is 14.8 Å². The molecule has 2 N–H and O–H groups in total. The first-order valence-corrected chi connectivity index (χ1v) is 6.45. The Morgan fingerprint density at radius 2 is 1.50 bits per heavy atom. The molecule has 1 heterocycles. The zero-order valence-corrected chi connectivity index (χ0v) is 10.6. The summed E-state index contributed by atoms with van der Waals surface area (Å²) in [6, 6.07) is 17.4. The monoisotopic (exact) mass is 262 g/mol. The molecule has 0 spiro atoms. The summed E-state index contributed by atoms with van der Waals surface area (Å²) in [5, 5.41) is 21.2. The fourth-order valence-electron chi connectivity index (χ4n) is 2.81. The van der Waals surface area contributed by atoms with Crippen LogP contribution in [0.4, 0.5) is 0 Å². The highest BCUT2D eigenvalue weighted by Gasteiger charge is 2.26. The van der Waals surface area contributed by atoms with Gasteiger partial charge in [-0.15, -0.1) is 0 Å². The predicted octanol–water partition coefficient (Wildman–Crippen LogP) is 2.29. The summed E-state index contributed by atoms with van der Waals surface area (Å²) < 4.78 is 5.92. The van der Waals surface area contributed by atoms with E-state index < -0.39 is 7.12 Å². The van der Waals surface area contributed by atoms with Gasteiger partial charge in [-0.3, -0.25) is 0 Å². The van der Waals surface area contributed by atoms with Crippen molar-refractivity contribution in [3.05, 3.63) is 54.6 Å². The average molecular weight is 262 g/mol. The Balaban J connectivity index is 2.12. The molecule has 4 heteroatoms. The van der Waals surface area contributed by atoms with Gasteiger partial charge in [0.15, 0.2) is 0 Å². The Morgan fingerprint density at radius 3 is 2.30 bits per heavy atom. The molecule has 0 unspecified atom stereocenters. The zero-order valence-electron chi connectivity index (χ0n) is 10.6. The Hall–Kier alpha value is -2.30. The van der Waals surface area contributed by atoms with E-state index in [1.807, 2.05) is 48.5 Å². The molecule has 1 aliphatic rings. The number of fused-ring (bicyclic) bond motifs is 2. The van der Waals surface area contributed by atoms with Gasteiger partial charge in [0, 0.05) is 16.4 Å². The maximum absolute atomic E-state index is 9.50. The van der Waals surface area contributed by atoms with Crippen molar-refractivity contribution in [1.82, 2.24) is 0 Å². The molecular weight excluding hydrogens is 251 g/mol. The van der Waals surface area contributed by atoms with Gasteiger partial charge in [-0.2, -0.15) is 0 Å². The molecule has 0 amide bonds. The second-order valence-electron chi connectivity index (χ2n) is 4.86. The van der Waals surface area contributed by atoms with E-state index in [1.54, 1.807) is 6.07 Å². The highest BCUT2D eigenvalue weighted by Crippen LogP contribution is 2.45. The van der Waals surface area contributed by atoms with Gasteiger partial charge in [-0.25, -0.2) is 0 Å². The van der Waals surface area contributed by atoms with Crippen LogP contribution in [0.2, 0.25) is 0 Å². The van der Waals surface area contributed by atoms with Crippen LogP contribution in [0.3, 0.4) is 0 Å². The lowest BCUT2D eigenvalue weighted by molar-refractivity contribution is 0.421. The van der Waals surface area contributed by atoms with Gasteiger partial charge in [0.05, 0.1) is 0 Å². The van der Waals surface area contributed by atoms with Crippen LogP contribution in [0.1, 0.15) is 0 Å². The van der Waals surface area contributed by atoms with Crippen LogP contribution < -0.4 is 10.2 Å². The van der Waals surface area contributed by atoms with Gasteiger partial charge in [0.2, 0.25) is 0 Å². The summed E-state index contributed by atoms with van der Waals surface area (Å²) in [6.45, 7) is 0. The molecule has 0 saturated carbocycles. The van der Waals surface area contributed by atoms with Crippen LogP contribution >= 0.6 is 0 Å². The number of rotatable bonds is 1. The summed E-state index contributed by atoms with van der Waals surface area (Å²) in [7, 11) is -1.55. The van der Waals surface area contributed by atoms with E-state index in [0.29, 0.717) is 11.2 Å². The van der Waals surface area contributed by atoms with Gasteiger partial charge in [-0.1, -0.05) is 48.5 Å². The van der Waals surface area contributed by atoms with Gasteiger partial charge in [-0.05, 0) is 17.0 Å². The molecule has 96 valence electrons. The Bertz CT molecular complexity index is 822. The number of hydrogen-bond acceptors (Lipinski definition) is 3. The standard InChI is InChI=1S/C16H11BO3/c18-17(19)13-8-3-7-12-11-6-1-4-10-5-2-9-14(15(10)11)20-16(12)13/h1-9,18-19H. The van der Waals surface area contributed by atoms with Crippen LogP contribution in [0.5, 0.6) is 11.5 Å². The van der Waals surface area contributed by atoms with Crippen molar-refractivity contribution in [3.8, 4) is 22.6 Å². The smallest absolute Gasteiger partial charge is 0.456 e. The molecule has 0 aliphatic carbocycles. The maximum atomic E-state index is 9.50. The molecule has 3 nitrogen and oxygen atoms in total. The molecule has 3 aromatic carbocycles. The van der Waals surface area contributed by atoms with Crippen LogP contribution in [0.25, 0.3) is 21.9 Å². The van der Waals surface area contributed by atoms with Gasteiger partial charge in [0.1, 0.15) is 11.5 Å². The molecule has 0 atom stereocenters. The summed E-state index contributed by atoms with van der Waals surface area (Å²) in [5.41, 5.74) is 2.33. The van der Waals surface area contributed by atoms with Crippen molar-refractivity contribution in [2.24, 2.45) is 0 Å². The predicted molar refractivity (Wildman–Crippen MR) is 79.3 cm³/mol. The fraction of sp³-hybridized carbons (Fsp3) is 0. The van der Waals surface area contributed by atoms with Gasteiger partial charge in [0.25, 0.3) is 0 Å². The Labute approximate surface area is 116 Å². The number of hydrogen-bond donors (Lipinski definition) is 2. The minimum atomic E-state index is -1.55. The lowest BCUT2D eigenvalue weighted by Gasteiger charge is -2.23. The molecule has 0 aromatic heterocycles. The van der Waals surface area contributed by atoms with E-state index in [2.05, 4.69) is 0 Å². The molecule has 4 rings (SSSR count). The van der Waals surface area contributed by atoms with Crippen molar-refractivity contribution < 1.29 is 14.8 Å². The second-order valence-corrected chi connectivity index (χ2v) is 4.86. The first-order valence-electron chi connectivity index (χ1n) is 6.45. The van der Waals surface area contributed by atoms with Gasteiger partial charge >= 0.3 is 7.12 Å². The van der Waals surface area contributed by atoms with E-state index in [-0.39, 0.29) is 0 Å². The summed E-state index contributed by atoms with van der Waals surface area (Å²) in [6.07, 6.45) is 0. The largest absolute Gasteiger partial charge is 0.492 e. The molecule has 0 radical (unpaired) electrons. The highest BCUT2D eigenvalue weighted by atomic mass is 16.5. The number of para-hydroxylation sites is 1.